The Morgan fingerprint density at radius 1 is 0.857 bits per heavy atom. The molecule has 4 nitrogen and oxygen atoms in total. The SMILES string of the molecule is COc1ccc(OC)c(CCC(=O)N(Cc2ccccc2)c2ccccc2)c1. The molecule has 0 heterocycles. The zero-order valence-corrected chi connectivity index (χ0v) is 16.3. The largest absolute Gasteiger partial charge is 0.497 e. The summed E-state index contributed by atoms with van der Waals surface area (Å²) in [5, 5.41) is 0. The molecule has 0 radical (unpaired) electrons. The summed E-state index contributed by atoms with van der Waals surface area (Å²) in [6.07, 6.45) is 0.961. The highest BCUT2D eigenvalue weighted by Crippen LogP contribution is 2.26. The second-order valence-corrected chi connectivity index (χ2v) is 6.48. The number of para-hydroxylation sites is 1. The van der Waals surface area contributed by atoms with E-state index in [0.717, 1.165) is 28.3 Å². The van der Waals surface area contributed by atoms with Gasteiger partial charge in [0.05, 0.1) is 20.8 Å². The predicted octanol–water partition coefficient (Wildman–Crippen LogP) is 4.87. The van der Waals surface area contributed by atoms with E-state index in [1.54, 1.807) is 14.2 Å². The standard InChI is InChI=1S/C24H25NO3/c1-27-22-14-15-23(28-2)20(17-22)13-16-24(26)25(21-11-7-4-8-12-21)18-19-9-5-3-6-10-19/h3-12,14-15,17H,13,16,18H2,1-2H3. The van der Waals surface area contributed by atoms with Gasteiger partial charge in [0.1, 0.15) is 11.5 Å². The molecule has 3 aromatic carbocycles. The molecule has 0 bridgehead atoms. The topological polar surface area (TPSA) is 38.8 Å². The van der Waals surface area contributed by atoms with E-state index in [1.807, 2.05) is 83.8 Å². The summed E-state index contributed by atoms with van der Waals surface area (Å²) in [5.41, 5.74) is 2.95. The number of benzene rings is 3. The van der Waals surface area contributed by atoms with Gasteiger partial charge in [0, 0.05) is 12.1 Å². The number of rotatable bonds is 8. The van der Waals surface area contributed by atoms with E-state index in [2.05, 4.69) is 0 Å². The number of carbonyl (C=O) groups is 1. The van der Waals surface area contributed by atoms with Gasteiger partial charge in [-0.1, -0.05) is 48.5 Å². The summed E-state index contributed by atoms with van der Waals surface area (Å²) < 4.78 is 10.7. The van der Waals surface area contributed by atoms with Crippen LogP contribution in [0, 0.1) is 0 Å². The van der Waals surface area contributed by atoms with Crippen molar-refractivity contribution in [1.82, 2.24) is 0 Å². The lowest BCUT2D eigenvalue weighted by Gasteiger charge is -2.23. The van der Waals surface area contributed by atoms with Crippen molar-refractivity contribution in [2.24, 2.45) is 0 Å². The Bertz CT molecular complexity index is 894. The van der Waals surface area contributed by atoms with Crippen LogP contribution < -0.4 is 14.4 Å². The van der Waals surface area contributed by atoms with Gasteiger partial charge < -0.3 is 14.4 Å². The third-order valence-electron chi connectivity index (χ3n) is 4.65. The number of methoxy groups -OCH3 is 2. The van der Waals surface area contributed by atoms with Crippen LogP contribution in [0.4, 0.5) is 5.69 Å². The maximum absolute atomic E-state index is 13.1. The molecule has 28 heavy (non-hydrogen) atoms. The van der Waals surface area contributed by atoms with Crippen LogP contribution in [0.15, 0.2) is 78.9 Å². The smallest absolute Gasteiger partial charge is 0.227 e. The van der Waals surface area contributed by atoms with Crippen molar-refractivity contribution in [3.8, 4) is 11.5 Å². The Morgan fingerprint density at radius 2 is 1.54 bits per heavy atom. The number of amides is 1. The zero-order valence-electron chi connectivity index (χ0n) is 16.3. The van der Waals surface area contributed by atoms with Crippen molar-refractivity contribution in [1.29, 1.82) is 0 Å². The molecule has 0 aliphatic heterocycles. The molecule has 0 unspecified atom stereocenters. The molecular weight excluding hydrogens is 350 g/mol. The molecule has 0 aliphatic rings. The minimum atomic E-state index is 0.0694. The molecule has 144 valence electrons. The fourth-order valence-corrected chi connectivity index (χ4v) is 3.15. The molecule has 0 spiro atoms. The van der Waals surface area contributed by atoms with E-state index < -0.39 is 0 Å². The first kappa shape index (κ1) is 19.5. The lowest BCUT2D eigenvalue weighted by molar-refractivity contribution is -0.118. The Labute approximate surface area is 166 Å². The number of hydrogen-bond acceptors (Lipinski definition) is 3. The number of aryl methyl sites for hydroxylation is 1. The lowest BCUT2D eigenvalue weighted by atomic mass is 10.1. The van der Waals surface area contributed by atoms with Crippen molar-refractivity contribution in [3.63, 3.8) is 0 Å². The van der Waals surface area contributed by atoms with Crippen LogP contribution in [-0.2, 0) is 17.8 Å². The monoisotopic (exact) mass is 375 g/mol. The number of anilines is 1. The van der Waals surface area contributed by atoms with Crippen LogP contribution in [0.25, 0.3) is 0 Å². The van der Waals surface area contributed by atoms with Crippen LogP contribution in [0.3, 0.4) is 0 Å². The highest BCUT2D eigenvalue weighted by molar-refractivity contribution is 5.93. The van der Waals surface area contributed by atoms with Gasteiger partial charge in [-0.2, -0.15) is 0 Å². The summed E-state index contributed by atoms with van der Waals surface area (Å²) >= 11 is 0. The molecule has 0 saturated heterocycles. The average molecular weight is 375 g/mol. The second kappa shape index (κ2) is 9.60. The highest BCUT2D eigenvalue weighted by atomic mass is 16.5. The van der Waals surface area contributed by atoms with Gasteiger partial charge in [-0.25, -0.2) is 0 Å². The van der Waals surface area contributed by atoms with E-state index in [0.29, 0.717) is 19.4 Å². The zero-order chi connectivity index (χ0) is 19.8. The molecule has 0 atom stereocenters. The molecule has 3 rings (SSSR count). The predicted molar refractivity (Wildman–Crippen MR) is 112 cm³/mol. The number of carbonyl (C=O) groups excluding carboxylic acids is 1. The fourth-order valence-electron chi connectivity index (χ4n) is 3.15. The summed E-state index contributed by atoms with van der Waals surface area (Å²) in [7, 11) is 3.27. The first-order valence-electron chi connectivity index (χ1n) is 9.31. The minimum absolute atomic E-state index is 0.0694. The molecule has 0 fully saturated rings. The van der Waals surface area contributed by atoms with Gasteiger partial charge in [0.25, 0.3) is 0 Å². The van der Waals surface area contributed by atoms with E-state index in [-0.39, 0.29) is 5.91 Å². The van der Waals surface area contributed by atoms with E-state index in [9.17, 15) is 4.79 Å². The third-order valence-corrected chi connectivity index (χ3v) is 4.65. The summed E-state index contributed by atoms with van der Waals surface area (Å²) in [6, 6.07) is 25.5. The first-order valence-corrected chi connectivity index (χ1v) is 9.31. The van der Waals surface area contributed by atoms with Crippen molar-refractivity contribution in [3.05, 3.63) is 90.0 Å². The molecule has 0 aliphatic carbocycles. The van der Waals surface area contributed by atoms with E-state index >= 15 is 0 Å². The Kier molecular flexibility index (Phi) is 6.68. The molecular formula is C24H25NO3. The van der Waals surface area contributed by atoms with Crippen molar-refractivity contribution in [2.75, 3.05) is 19.1 Å². The van der Waals surface area contributed by atoms with Gasteiger partial charge >= 0.3 is 0 Å². The average Bonchev–Trinajstić information content (AvgIpc) is 2.76. The molecule has 4 heteroatoms. The normalized spacial score (nSPS) is 10.4. The number of hydrogen-bond donors (Lipinski definition) is 0. The van der Waals surface area contributed by atoms with E-state index in [1.165, 1.54) is 0 Å². The van der Waals surface area contributed by atoms with Gasteiger partial charge in [0.15, 0.2) is 0 Å². The van der Waals surface area contributed by atoms with Gasteiger partial charge in [0.2, 0.25) is 5.91 Å². The van der Waals surface area contributed by atoms with E-state index in [4.69, 9.17) is 9.47 Å². The second-order valence-electron chi connectivity index (χ2n) is 6.48. The summed E-state index contributed by atoms with van der Waals surface area (Å²) in [6.45, 7) is 0.541. The van der Waals surface area contributed by atoms with Crippen LogP contribution in [-0.4, -0.2) is 20.1 Å². The highest BCUT2D eigenvalue weighted by Gasteiger charge is 2.17. The fraction of sp³-hybridized carbons (Fsp3) is 0.208. The van der Waals surface area contributed by atoms with Gasteiger partial charge in [-0.15, -0.1) is 0 Å². The Hall–Kier alpha value is -3.27. The summed E-state index contributed by atoms with van der Waals surface area (Å²) in [4.78, 5) is 15.0. The Morgan fingerprint density at radius 3 is 2.18 bits per heavy atom. The van der Waals surface area contributed by atoms with Crippen LogP contribution in [0.1, 0.15) is 17.5 Å². The summed E-state index contributed by atoms with van der Waals surface area (Å²) in [5.74, 6) is 1.59. The maximum atomic E-state index is 13.1. The molecule has 0 N–H and O–H groups in total. The van der Waals surface area contributed by atoms with Crippen LogP contribution in [0.5, 0.6) is 11.5 Å². The van der Waals surface area contributed by atoms with Crippen LogP contribution >= 0.6 is 0 Å². The van der Waals surface area contributed by atoms with Gasteiger partial charge in [-0.05, 0) is 47.9 Å². The van der Waals surface area contributed by atoms with Crippen LogP contribution in [0.2, 0.25) is 0 Å². The maximum Gasteiger partial charge on any atom is 0.227 e. The molecule has 1 amide bonds. The lowest BCUT2D eigenvalue weighted by Crippen LogP contribution is -2.30. The number of ether oxygens (including phenoxy) is 2. The minimum Gasteiger partial charge on any atom is -0.497 e. The molecule has 3 aromatic rings. The van der Waals surface area contributed by atoms with Crippen molar-refractivity contribution >= 4 is 11.6 Å². The first-order chi connectivity index (χ1) is 13.7. The molecule has 0 saturated carbocycles. The quantitative estimate of drug-likeness (QED) is 0.564. The van der Waals surface area contributed by atoms with Crippen molar-refractivity contribution < 1.29 is 14.3 Å². The van der Waals surface area contributed by atoms with Crippen molar-refractivity contribution in [2.45, 2.75) is 19.4 Å². The van der Waals surface area contributed by atoms with Gasteiger partial charge in [-0.3, -0.25) is 4.79 Å². The third kappa shape index (κ3) is 4.92. The number of nitrogens with zero attached hydrogens (tertiary/aromatic N) is 1. The molecule has 0 aromatic heterocycles. The Balaban J connectivity index is 1.78.